The summed E-state index contributed by atoms with van der Waals surface area (Å²) in [6, 6.07) is 15.1. The minimum Gasteiger partial charge on any atom is -0.493 e. The van der Waals surface area contributed by atoms with Gasteiger partial charge >= 0.3 is 0 Å². The summed E-state index contributed by atoms with van der Waals surface area (Å²) in [5.41, 5.74) is 8.91. The number of hydrogen-bond donors (Lipinski definition) is 1. The third kappa shape index (κ3) is 2.98. The average Bonchev–Trinajstić information content (AvgIpc) is 2.54. The summed E-state index contributed by atoms with van der Waals surface area (Å²) in [5, 5.41) is 0. The second-order valence-corrected chi connectivity index (χ2v) is 5.41. The summed E-state index contributed by atoms with van der Waals surface area (Å²) in [7, 11) is 0. The van der Waals surface area contributed by atoms with E-state index in [1.807, 2.05) is 48.5 Å². The molecule has 3 nitrogen and oxygen atoms in total. The number of ether oxygens (including phenoxy) is 1. The zero-order valence-corrected chi connectivity index (χ0v) is 11.9. The highest BCUT2D eigenvalue weighted by atomic mass is 16.5. The smallest absolute Gasteiger partial charge is 0.183 e. The number of carbonyl (C=O) groups excluding carboxylic acids is 1. The quantitative estimate of drug-likeness (QED) is 0.877. The molecule has 0 aromatic heterocycles. The first-order chi connectivity index (χ1) is 10.3. The van der Waals surface area contributed by atoms with E-state index in [1.54, 1.807) is 0 Å². The Morgan fingerprint density at radius 1 is 1.14 bits per heavy atom. The number of aryl methyl sites for hydroxylation is 1. The number of fused-ring (bicyclic) bond motifs is 1. The lowest BCUT2D eigenvalue weighted by Crippen LogP contribution is -2.33. The molecule has 1 heterocycles. The highest BCUT2D eigenvalue weighted by molar-refractivity contribution is 6.02. The third-order valence-electron chi connectivity index (χ3n) is 3.83. The zero-order chi connectivity index (χ0) is 14.7. The summed E-state index contributed by atoms with van der Waals surface area (Å²) in [4.78, 5) is 12.6. The van der Waals surface area contributed by atoms with E-state index in [2.05, 4.69) is 0 Å². The summed E-state index contributed by atoms with van der Waals surface area (Å²) >= 11 is 0. The van der Waals surface area contributed by atoms with E-state index >= 15 is 0 Å². The second kappa shape index (κ2) is 6.10. The van der Waals surface area contributed by atoms with Gasteiger partial charge in [-0.05, 0) is 36.5 Å². The molecule has 21 heavy (non-hydrogen) atoms. The molecule has 2 N–H and O–H groups in total. The van der Waals surface area contributed by atoms with Crippen molar-refractivity contribution in [3.8, 4) is 5.75 Å². The second-order valence-electron chi connectivity index (χ2n) is 5.41. The van der Waals surface area contributed by atoms with Crippen LogP contribution in [0.4, 0.5) is 0 Å². The van der Waals surface area contributed by atoms with Crippen molar-refractivity contribution in [2.75, 3.05) is 6.61 Å². The van der Waals surface area contributed by atoms with Crippen LogP contribution in [0.15, 0.2) is 48.5 Å². The summed E-state index contributed by atoms with van der Waals surface area (Å²) in [5.74, 6) is 0.690. The molecule has 2 aromatic carbocycles. The molecule has 0 fully saturated rings. The van der Waals surface area contributed by atoms with E-state index in [4.69, 9.17) is 10.5 Å². The van der Waals surface area contributed by atoms with Crippen LogP contribution < -0.4 is 10.5 Å². The average molecular weight is 281 g/mol. The van der Waals surface area contributed by atoms with Gasteiger partial charge in [0, 0.05) is 0 Å². The van der Waals surface area contributed by atoms with Gasteiger partial charge in [-0.3, -0.25) is 4.79 Å². The molecule has 3 heteroatoms. The number of benzene rings is 2. The van der Waals surface area contributed by atoms with Crippen molar-refractivity contribution in [1.29, 1.82) is 0 Å². The molecular formula is C18H19NO2. The first-order valence-corrected chi connectivity index (χ1v) is 7.34. The summed E-state index contributed by atoms with van der Waals surface area (Å²) in [6.07, 6.45) is 2.51. The number of Topliss-reactive ketones (excluding diaryl/α,β-unsaturated/α-hetero) is 1. The maximum Gasteiger partial charge on any atom is 0.183 e. The van der Waals surface area contributed by atoms with Crippen LogP contribution in [0.2, 0.25) is 0 Å². The van der Waals surface area contributed by atoms with Crippen LogP contribution in [0.25, 0.3) is 0 Å². The van der Waals surface area contributed by atoms with E-state index in [1.165, 1.54) is 0 Å². The van der Waals surface area contributed by atoms with Gasteiger partial charge in [0.05, 0.1) is 18.2 Å². The number of rotatable bonds is 4. The van der Waals surface area contributed by atoms with Crippen molar-refractivity contribution in [2.24, 2.45) is 5.73 Å². The Morgan fingerprint density at radius 2 is 1.95 bits per heavy atom. The van der Waals surface area contributed by atoms with Crippen molar-refractivity contribution in [1.82, 2.24) is 0 Å². The first kappa shape index (κ1) is 13.8. The van der Waals surface area contributed by atoms with Crippen LogP contribution in [0.3, 0.4) is 0 Å². The lowest BCUT2D eigenvalue weighted by molar-refractivity contribution is 0.0956. The molecular weight excluding hydrogens is 262 g/mol. The highest BCUT2D eigenvalue weighted by Crippen LogP contribution is 2.29. The topological polar surface area (TPSA) is 52.3 Å². The standard InChI is InChI=1S/C18H19NO2/c19-16(12-13-6-2-1-3-7-13)17(20)15-10-4-8-14-9-5-11-21-18(14)15/h1-4,6-8,10,16H,5,9,11-12,19H2. The highest BCUT2D eigenvalue weighted by Gasteiger charge is 2.23. The SMILES string of the molecule is NC(Cc1ccccc1)C(=O)c1cccc2c1OCCC2. The normalized spacial score (nSPS) is 14.9. The summed E-state index contributed by atoms with van der Waals surface area (Å²) < 4.78 is 5.70. The summed E-state index contributed by atoms with van der Waals surface area (Å²) in [6.45, 7) is 0.672. The maximum atomic E-state index is 12.6. The molecule has 0 radical (unpaired) electrons. The van der Waals surface area contributed by atoms with Gasteiger partial charge in [-0.15, -0.1) is 0 Å². The molecule has 1 aliphatic heterocycles. The van der Waals surface area contributed by atoms with E-state index < -0.39 is 6.04 Å². The molecule has 1 atom stereocenters. The largest absolute Gasteiger partial charge is 0.493 e. The predicted molar refractivity (Wildman–Crippen MR) is 82.7 cm³/mol. The molecule has 0 saturated heterocycles. The van der Waals surface area contributed by atoms with E-state index in [-0.39, 0.29) is 5.78 Å². The van der Waals surface area contributed by atoms with Crippen molar-refractivity contribution < 1.29 is 9.53 Å². The minimum absolute atomic E-state index is 0.0439. The van der Waals surface area contributed by atoms with Crippen LogP contribution in [-0.4, -0.2) is 18.4 Å². The fourth-order valence-corrected chi connectivity index (χ4v) is 2.74. The molecule has 0 aliphatic carbocycles. The monoisotopic (exact) mass is 281 g/mol. The number of nitrogens with two attached hydrogens (primary N) is 1. The van der Waals surface area contributed by atoms with Crippen LogP contribution in [0.5, 0.6) is 5.75 Å². The lowest BCUT2D eigenvalue weighted by Gasteiger charge is -2.21. The molecule has 108 valence electrons. The Bertz CT molecular complexity index is 637. The van der Waals surface area contributed by atoms with Gasteiger partial charge in [0.25, 0.3) is 0 Å². The van der Waals surface area contributed by atoms with Gasteiger partial charge in [-0.25, -0.2) is 0 Å². The number of hydrogen-bond acceptors (Lipinski definition) is 3. The van der Waals surface area contributed by atoms with Gasteiger partial charge in [0.1, 0.15) is 5.75 Å². The molecule has 3 rings (SSSR count). The van der Waals surface area contributed by atoms with Gasteiger partial charge in [0.15, 0.2) is 5.78 Å². The van der Waals surface area contributed by atoms with E-state index in [0.29, 0.717) is 18.6 Å². The molecule has 0 spiro atoms. The fraction of sp³-hybridized carbons (Fsp3) is 0.278. The number of para-hydroxylation sites is 1. The number of ketones is 1. The zero-order valence-electron chi connectivity index (χ0n) is 11.9. The lowest BCUT2D eigenvalue weighted by atomic mass is 9.94. The molecule has 0 amide bonds. The van der Waals surface area contributed by atoms with E-state index in [0.717, 1.165) is 29.7 Å². The first-order valence-electron chi connectivity index (χ1n) is 7.34. The van der Waals surface area contributed by atoms with Crippen molar-refractivity contribution >= 4 is 5.78 Å². The van der Waals surface area contributed by atoms with Crippen LogP contribution in [0.1, 0.15) is 27.9 Å². The van der Waals surface area contributed by atoms with Crippen LogP contribution in [0, 0.1) is 0 Å². The molecule has 0 saturated carbocycles. The van der Waals surface area contributed by atoms with Crippen molar-refractivity contribution in [2.45, 2.75) is 25.3 Å². The van der Waals surface area contributed by atoms with Crippen LogP contribution >= 0.6 is 0 Å². The minimum atomic E-state index is -0.538. The maximum absolute atomic E-state index is 12.6. The Morgan fingerprint density at radius 3 is 2.76 bits per heavy atom. The van der Waals surface area contributed by atoms with Gasteiger partial charge < -0.3 is 10.5 Å². The Labute approximate surface area is 124 Å². The Balaban J connectivity index is 1.82. The van der Waals surface area contributed by atoms with Crippen LogP contribution in [-0.2, 0) is 12.8 Å². The van der Waals surface area contributed by atoms with Crippen molar-refractivity contribution in [3.63, 3.8) is 0 Å². The molecule has 1 aliphatic rings. The molecule has 0 bridgehead atoms. The fourth-order valence-electron chi connectivity index (χ4n) is 2.74. The van der Waals surface area contributed by atoms with Crippen molar-refractivity contribution in [3.05, 3.63) is 65.2 Å². The number of carbonyl (C=O) groups is 1. The molecule has 2 aromatic rings. The van der Waals surface area contributed by atoms with Gasteiger partial charge in [0.2, 0.25) is 0 Å². The van der Waals surface area contributed by atoms with Gasteiger partial charge in [-0.1, -0.05) is 42.5 Å². The van der Waals surface area contributed by atoms with Gasteiger partial charge in [-0.2, -0.15) is 0 Å². The predicted octanol–water partition coefficient (Wildman–Crippen LogP) is 2.76. The Kier molecular flexibility index (Phi) is 4.02. The third-order valence-corrected chi connectivity index (χ3v) is 3.83. The molecule has 1 unspecified atom stereocenters. The Hall–Kier alpha value is -2.13. The van der Waals surface area contributed by atoms with E-state index in [9.17, 15) is 4.79 Å².